The SMILES string of the molecule is COc1ccc(CC(=O)NS(=O)(=O)c2cccc3cccnc23)cc1F. The molecule has 6 nitrogen and oxygen atoms in total. The first-order valence-electron chi connectivity index (χ1n) is 7.62. The summed E-state index contributed by atoms with van der Waals surface area (Å²) in [7, 11) is -2.78. The molecule has 0 unspecified atom stereocenters. The van der Waals surface area contributed by atoms with Crippen molar-refractivity contribution >= 4 is 26.8 Å². The van der Waals surface area contributed by atoms with Crippen molar-refractivity contribution in [2.24, 2.45) is 0 Å². The summed E-state index contributed by atoms with van der Waals surface area (Å²) >= 11 is 0. The average molecular weight is 374 g/mol. The average Bonchev–Trinajstić information content (AvgIpc) is 2.61. The van der Waals surface area contributed by atoms with Crippen LogP contribution in [0.1, 0.15) is 5.56 Å². The van der Waals surface area contributed by atoms with E-state index in [0.29, 0.717) is 10.9 Å². The van der Waals surface area contributed by atoms with Crippen LogP contribution in [-0.4, -0.2) is 26.4 Å². The number of carbonyl (C=O) groups is 1. The first-order chi connectivity index (χ1) is 12.4. The number of para-hydroxylation sites is 1. The standard InChI is InChI=1S/C18H15FN2O4S/c1-25-15-8-7-12(10-14(15)19)11-17(22)21-26(23,24)16-6-2-4-13-5-3-9-20-18(13)16/h2-10H,11H2,1H3,(H,21,22). The van der Waals surface area contributed by atoms with Crippen LogP contribution in [0.2, 0.25) is 0 Å². The molecular weight excluding hydrogens is 359 g/mol. The summed E-state index contributed by atoms with van der Waals surface area (Å²) in [5.41, 5.74) is 0.595. The molecular formula is C18H15FN2O4S. The Hall–Kier alpha value is -3.00. The second kappa shape index (κ2) is 7.09. The molecule has 0 fully saturated rings. The highest BCUT2D eigenvalue weighted by molar-refractivity contribution is 7.90. The fraction of sp³-hybridized carbons (Fsp3) is 0.111. The normalized spacial score (nSPS) is 11.3. The molecule has 0 aliphatic heterocycles. The lowest BCUT2D eigenvalue weighted by Gasteiger charge is -2.09. The number of rotatable bonds is 5. The van der Waals surface area contributed by atoms with Crippen molar-refractivity contribution in [1.29, 1.82) is 0 Å². The lowest BCUT2D eigenvalue weighted by Crippen LogP contribution is -2.32. The molecule has 0 saturated heterocycles. The Kier molecular flexibility index (Phi) is 4.85. The van der Waals surface area contributed by atoms with E-state index in [1.54, 1.807) is 24.3 Å². The molecule has 1 N–H and O–H groups in total. The van der Waals surface area contributed by atoms with E-state index >= 15 is 0 Å². The Labute approximate surface area is 149 Å². The zero-order valence-corrected chi connectivity index (χ0v) is 14.6. The molecule has 0 radical (unpaired) electrons. The number of benzene rings is 2. The summed E-state index contributed by atoms with van der Waals surface area (Å²) in [6, 6.07) is 12.1. The summed E-state index contributed by atoms with van der Waals surface area (Å²) in [6.07, 6.45) is 1.18. The van der Waals surface area contributed by atoms with Gasteiger partial charge in [-0.2, -0.15) is 0 Å². The lowest BCUT2D eigenvalue weighted by molar-refractivity contribution is -0.118. The van der Waals surface area contributed by atoms with Gasteiger partial charge < -0.3 is 4.74 Å². The number of fused-ring (bicyclic) bond motifs is 1. The number of hydrogen-bond donors (Lipinski definition) is 1. The van der Waals surface area contributed by atoms with Crippen molar-refractivity contribution in [3.8, 4) is 5.75 Å². The van der Waals surface area contributed by atoms with Crippen molar-refractivity contribution in [3.63, 3.8) is 0 Å². The quantitative estimate of drug-likeness (QED) is 0.741. The van der Waals surface area contributed by atoms with Gasteiger partial charge in [0.15, 0.2) is 11.6 Å². The van der Waals surface area contributed by atoms with Crippen LogP contribution in [0.3, 0.4) is 0 Å². The van der Waals surface area contributed by atoms with E-state index < -0.39 is 21.7 Å². The molecule has 1 heterocycles. The summed E-state index contributed by atoms with van der Waals surface area (Å²) in [5.74, 6) is -1.36. The molecule has 1 amide bonds. The van der Waals surface area contributed by atoms with E-state index in [0.717, 1.165) is 6.07 Å². The number of pyridine rings is 1. The molecule has 0 bridgehead atoms. The number of methoxy groups -OCH3 is 1. The molecule has 134 valence electrons. The van der Waals surface area contributed by atoms with E-state index in [9.17, 15) is 17.6 Å². The summed E-state index contributed by atoms with van der Waals surface area (Å²) in [6.45, 7) is 0. The van der Waals surface area contributed by atoms with Gasteiger partial charge in [0.1, 0.15) is 4.90 Å². The highest BCUT2D eigenvalue weighted by atomic mass is 32.2. The monoisotopic (exact) mass is 374 g/mol. The van der Waals surface area contributed by atoms with E-state index in [1.165, 1.54) is 31.5 Å². The van der Waals surface area contributed by atoms with Gasteiger partial charge in [-0.1, -0.05) is 24.3 Å². The minimum absolute atomic E-state index is 0.0450. The van der Waals surface area contributed by atoms with Gasteiger partial charge in [0, 0.05) is 11.6 Å². The number of hydrogen-bond acceptors (Lipinski definition) is 5. The number of ether oxygens (including phenoxy) is 1. The van der Waals surface area contributed by atoms with Gasteiger partial charge in [-0.15, -0.1) is 0 Å². The fourth-order valence-electron chi connectivity index (χ4n) is 2.54. The smallest absolute Gasteiger partial charge is 0.266 e. The largest absolute Gasteiger partial charge is 0.494 e. The van der Waals surface area contributed by atoms with Crippen LogP contribution in [0, 0.1) is 5.82 Å². The van der Waals surface area contributed by atoms with Gasteiger partial charge in [0.2, 0.25) is 5.91 Å². The number of halogens is 1. The third-order valence-corrected chi connectivity index (χ3v) is 5.12. The first kappa shape index (κ1) is 17.8. The van der Waals surface area contributed by atoms with Crippen molar-refractivity contribution < 1.29 is 22.3 Å². The van der Waals surface area contributed by atoms with Crippen LogP contribution < -0.4 is 9.46 Å². The van der Waals surface area contributed by atoms with Crippen LogP contribution in [0.25, 0.3) is 10.9 Å². The first-order valence-corrected chi connectivity index (χ1v) is 9.11. The molecule has 0 aliphatic rings. The van der Waals surface area contributed by atoms with E-state index in [4.69, 9.17) is 4.74 Å². The molecule has 26 heavy (non-hydrogen) atoms. The number of amides is 1. The molecule has 8 heteroatoms. The summed E-state index contributed by atoms with van der Waals surface area (Å²) in [4.78, 5) is 16.1. The second-order valence-corrected chi connectivity index (χ2v) is 7.16. The van der Waals surface area contributed by atoms with Crippen LogP contribution in [0.15, 0.2) is 59.6 Å². The van der Waals surface area contributed by atoms with E-state index in [-0.39, 0.29) is 22.6 Å². The van der Waals surface area contributed by atoms with E-state index in [2.05, 4.69) is 4.98 Å². The summed E-state index contributed by atoms with van der Waals surface area (Å²) < 4.78 is 45.6. The van der Waals surface area contributed by atoms with Gasteiger partial charge in [0.25, 0.3) is 10.0 Å². The van der Waals surface area contributed by atoms with Gasteiger partial charge in [-0.05, 0) is 29.8 Å². The van der Waals surface area contributed by atoms with Crippen LogP contribution in [-0.2, 0) is 21.2 Å². The zero-order valence-electron chi connectivity index (χ0n) is 13.8. The lowest BCUT2D eigenvalue weighted by atomic mass is 10.1. The maximum atomic E-state index is 13.7. The number of aromatic nitrogens is 1. The van der Waals surface area contributed by atoms with Crippen LogP contribution in [0.4, 0.5) is 4.39 Å². The summed E-state index contributed by atoms with van der Waals surface area (Å²) in [5, 5.41) is 0.639. The third kappa shape index (κ3) is 3.65. The predicted molar refractivity (Wildman–Crippen MR) is 93.7 cm³/mol. The number of nitrogens with zero attached hydrogens (tertiary/aromatic N) is 1. The number of carbonyl (C=O) groups excluding carboxylic acids is 1. The Morgan fingerprint density at radius 1 is 1.19 bits per heavy atom. The van der Waals surface area contributed by atoms with Crippen molar-refractivity contribution in [1.82, 2.24) is 9.71 Å². The van der Waals surface area contributed by atoms with Gasteiger partial charge in [-0.25, -0.2) is 17.5 Å². The number of sulfonamides is 1. The van der Waals surface area contributed by atoms with Crippen molar-refractivity contribution in [2.75, 3.05) is 7.11 Å². The van der Waals surface area contributed by atoms with Crippen molar-refractivity contribution in [2.45, 2.75) is 11.3 Å². The molecule has 0 saturated carbocycles. The maximum absolute atomic E-state index is 13.7. The predicted octanol–water partition coefficient (Wildman–Crippen LogP) is 2.43. The molecule has 2 aromatic carbocycles. The zero-order chi connectivity index (χ0) is 18.7. The number of nitrogens with one attached hydrogen (secondary N) is 1. The van der Waals surface area contributed by atoms with Gasteiger partial charge in [0.05, 0.1) is 19.0 Å². The Balaban J connectivity index is 1.83. The minimum atomic E-state index is -4.11. The molecule has 0 atom stereocenters. The van der Waals surface area contributed by atoms with Gasteiger partial charge in [-0.3, -0.25) is 9.78 Å². The Bertz CT molecular complexity index is 1080. The van der Waals surface area contributed by atoms with Crippen molar-refractivity contribution in [3.05, 3.63) is 66.1 Å². The molecule has 0 aliphatic carbocycles. The highest BCUT2D eigenvalue weighted by Gasteiger charge is 2.21. The highest BCUT2D eigenvalue weighted by Crippen LogP contribution is 2.21. The Morgan fingerprint density at radius 3 is 2.69 bits per heavy atom. The van der Waals surface area contributed by atoms with Crippen LogP contribution >= 0.6 is 0 Å². The van der Waals surface area contributed by atoms with Gasteiger partial charge >= 0.3 is 0 Å². The van der Waals surface area contributed by atoms with E-state index in [1.807, 2.05) is 4.72 Å². The topological polar surface area (TPSA) is 85.4 Å². The molecule has 1 aromatic heterocycles. The second-order valence-electron chi connectivity index (χ2n) is 5.51. The maximum Gasteiger partial charge on any atom is 0.266 e. The molecule has 3 rings (SSSR count). The fourth-order valence-corrected chi connectivity index (χ4v) is 3.70. The molecule has 3 aromatic rings. The third-order valence-electron chi connectivity index (χ3n) is 3.71. The molecule has 0 spiro atoms. The minimum Gasteiger partial charge on any atom is -0.494 e. The van der Waals surface area contributed by atoms with Crippen LogP contribution in [0.5, 0.6) is 5.75 Å². The Morgan fingerprint density at radius 2 is 1.96 bits per heavy atom.